The van der Waals surface area contributed by atoms with Crippen LogP contribution in [0.15, 0.2) is 0 Å². The summed E-state index contributed by atoms with van der Waals surface area (Å²) in [7, 11) is 0. The third-order valence-corrected chi connectivity index (χ3v) is 4.57. The van der Waals surface area contributed by atoms with Gasteiger partial charge in [-0.25, -0.2) is 0 Å². The van der Waals surface area contributed by atoms with Gasteiger partial charge in [0.2, 0.25) is 5.91 Å². The molecule has 0 aliphatic carbocycles. The van der Waals surface area contributed by atoms with Crippen LogP contribution < -0.4 is 5.32 Å². The Morgan fingerprint density at radius 1 is 1.09 bits per heavy atom. The van der Waals surface area contributed by atoms with E-state index < -0.39 is 0 Å². The molecule has 0 radical (unpaired) electrons. The summed E-state index contributed by atoms with van der Waals surface area (Å²) in [4.78, 5) is 28.3. The highest BCUT2D eigenvalue weighted by atomic mass is 35.5. The van der Waals surface area contributed by atoms with Crippen molar-refractivity contribution >= 4 is 24.2 Å². The lowest BCUT2D eigenvalue weighted by molar-refractivity contribution is -0.146. The fourth-order valence-electron chi connectivity index (χ4n) is 3.24. The fraction of sp³-hybridized carbons (Fsp3) is 0.867. The van der Waals surface area contributed by atoms with Crippen LogP contribution in [0.2, 0.25) is 0 Å². The first-order chi connectivity index (χ1) is 10.7. The SMILES string of the molecule is Cl.O=C(CC1COCCN1)N1CCN(C(=O)C2CCCO2)CC1. The number of ether oxygens (including phenoxy) is 2. The molecule has 0 aromatic carbocycles. The second kappa shape index (κ2) is 8.82. The van der Waals surface area contributed by atoms with Gasteiger partial charge >= 0.3 is 0 Å². The van der Waals surface area contributed by atoms with Crippen LogP contribution in [0.4, 0.5) is 0 Å². The van der Waals surface area contributed by atoms with E-state index in [1.54, 1.807) is 0 Å². The average Bonchev–Trinajstić information content (AvgIpc) is 3.10. The van der Waals surface area contributed by atoms with E-state index in [1.807, 2.05) is 9.80 Å². The number of nitrogens with one attached hydrogen (secondary N) is 1. The molecule has 0 aromatic rings. The normalized spacial score (nSPS) is 28.3. The number of piperazine rings is 1. The van der Waals surface area contributed by atoms with Crippen molar-refractivity contribution in [3.63, 3.8) is 0 Å². The maximum Gasteiger partial charge on any atom is 0.251 e. The minimum Gasteiger partial charge on any atom is -0.378 e. The van der Waals surface area contributed by atoms with Gasteiger partial charge in [0.1, 0.15) is 6.10 Å². The van der Waals surface area contributed by atoms with Crippen molar-refractivity contribution in [2.75, 3.05) is 52.5 Å². The van der Waals surface area contributed by atoms with E-state index in [4.69, 9.17) is 9.47 Å². The number of nitrogens with zero attached hydrogens (tertiary/aromatic N) is 2. The minimum absolute atomic E-state index is 0. The summed E-state index contributed by atoms with van der Waals surface area (Å²) < 4.78 is 10.8. The molecular weight excluding hydrogens is 322 g/mol. The Kier molecular flexibility index (Phi) is 7.08. The second-order valence-corrected chi connectivity index (χ2v) is 6.14. The van der Waals surface area contributed by atoms with E-state index in [0.29, 0.717) is 52.4 Å². The van der Waals surface area contributed by atoms with Crippen LogP contribution in [0.3, 0.4) is 0 Å². The van der Waals surface area contributed by atoms with Crippen molar-refractivity contribution in [1.29, 1.82) is 0 Å². The van der Waals surface area contributed by atoms with Crippen LogP contribution in [-0.2, 0) is 19.1 Å². The average molecular weight is 348 g/mol. The molecule has 1 N–H and O–H groups in total. The summed E-state index contributed by atoms with van der Waals surface area (Å²) in [6, 6.07) is 0.118. The summed E-state index contributed by atoms with van der Waals surface area (Å²) in [6.07, 6.45) is 2.00. The van der Waals surface area contributed by atoms with E-state index in [2.05, 4.69) is 5.32 Å². The Morgan fingerprint density at radius 2 is 1.83 bits per heavy atom. The zero-order valence-corrected chi connectivity index (χ0v) is 14.2. The zero-order valence-electron chi connectivity index (χ0n) is 13.4. The lowest BCUT2D eigenvalue weighted by Gasteiger charge is -2.36. The van der Waals surface area contributed by atoms with Crippen molar-refractivity contribution in [3.8, 4) is 0 Å². The lowest BCUT2D eigenvalue weighted by atomic mass is 10.1. The molecule has 2 unspecified atom stereocenters. The number of amides is 2. The highest BCUT2D eigenvalue weighted by Crippen LogP contribution is 2.16. The van der Waals surface area contributed by atoms with Crippen molar-refractivity contribution < 1.29 is 19.1 Å². The quantitative estimate of drug-likeness (QED) is 0.754. The Bertz CT molecular complexity index is 404. The van der Waals surface area contributed by atoms with Gasteiger partial charge < -0.3 is 24.6 Å². The maximum absolute atomic E-state index is 12.3. The maximum atomic E-state index is 12.3. The number of carbonyl (C=O) groups excluding carboxylic acids is 2. The number of rotatable bonds is 3. The molecule has 3 heterocycles. The van der Waals surface area contributed by atoms with Gasteiger partial charge in [0, 0.05) is 51.8 Å². The van der Waals surface area contributed by atoms with E-state index >= 15 is 0 Å². The monoisotopic (exact) mass is 347 g/mol. The molecule has 3 aliphatic heterocycles. The second-order valence-electron chi connectivity index (χ2n) is 6.14. The van der Waals surface area contributed by atoms with Gasteiger partial charge in [-0.05, 0) is 12.8 Å². The highest BCUT2D eigenvalue weighted by molar-refractivity contribution is 5.85. The van der Waals surface area contributed by atoms with Gasteiger partial charge in [0.05, 0.1) is 13.2 Å². The smallest absolute Gasteiger partial charge is 0.251 e. The van der Waals surface area contributed by atoms with Crippen LogP contribution in [0, 0.1) is 0 Å². The largest absolute Gasteiger partial charge is 0.378 e. The molecule has 3 rings (SSSR count). The molecule has 0 bridgehead atoms. The Balaban J connectivity index is 0.00000192. The predicted molar refractivity (Wildman–Crippen MR) is 86.6 cm³/mol. The number of halogens is 1. The molecule has 132 valence electrons. The van der Waals surface area contributed by atoms with Crippen molar-refractivity contribution in [1.82, 2.24) is 15.1 Å². The number of hydrogen-bond acceptors (Lipinski definition) is 5. The van der Waals surface area contributed by atoms with Crippen LogP contribution >= 0.6 is 12.4 Å². The molecule has 2 atom stereocenters. The lowest BCUT2D eigenvalue weighted by Crippen LogP contribution is -2.54. The first-order valence-corrected chi connectivity index (χ1v) is 8.23. The Labute approximate surface area is 143 Å². The van der Waals surface area contributed by atoms with Gasteiger partial charge in [0.15, 0.2) is 0 Å². The van der Waals surface area contributed by atoms with Crippen molar-refractivity contribution in [2.45, 2.75) is 31.4 Å². The van der Waals surface area contributed by atoms with E-state index in [0.717, 1.165) is 19.4 Å². The molecule has 0 aromatic heterocycles. The van der Waals surface area contributed by atoms with Crippen LogP contribution in [0.1, 0.15) is 19.3 Å². The number of morpholine rings is 1. The van der Waals surface area contributed by atoms with Gasteiger partial charge in [0.25, 0.3) is 5.91 Å². The van der Waals surface area contributed by atoms with Crippen molar-refractivity contribution in [2.24, 2.45) is 0 Å². The zero-order chi connectivity index (χ0) is 15.4. The standard InChI is InChI=1S/C15H25N3O4.ClH/c19-14(10-12-11-21-9-3-16-12)17-4-6-18(7-5-17)15(20)13-2-1-8-22-13;/h12-13,16H,1-11H2;1H. The number of hydrogen-bond donors (Lipinski definition) is 1. The molecular formula is C15H26ClN3O4. The van der Waals surface area contributed by atoms with E-state index in [1.165, 1.54) is 0 Å². The van der Waals surface area contributed by atoms with E-state index in [9.17, 15) is 9.59 Å². The Hall–Kier alpha value is -0.890. The minimum atomic E-state index is -0.258. The summed E-state index contributed by atoms with van der Waals surface area (Å²) >= 11 is 0. The highest BCUT2D eigenvalue weighted by Gasteiger charge is 2.31. The molecule has 2 amide bonds. The fourth-order valence-corrected chi connectivity index (χ4v) is 3.24. The third kappa shape index (κ3) is 4.79. The van der Waals surface area contributed by atoms with Gasteiger partial charge in [-0.15, -0.1) is 12.4 Å². The molecule has 0 saturated carbocycles. The van der Waals surface area contributed by atoms with Crippen LogP contribution in [0.25, 0.3) is 0 Å². The first kappa shape index (κ1) is 18.4. The number of carbonyl (C=O) groups is 2. The predicted octanol–water partition coefficient (Wildman–Crippen LogP) is -0.363. The molecule has 3 fully saturated rings. The summed E-state index contributed by atoms with van der Waals surface area (Å²) in [5, 5.41) is 3.30. The topological polar surface area (TPSA) is 71.1 Å². The molecule has 7 nitrogen and oxygen atoms in total. The molecule has 3 saturated heterocycles. The molecule has 8 heteroatoms. The molecule has 0 spiro atoms. The third-order valence-electron chi connectivity index (χ3n) is 4.57. The Morgan fingerprint density at radius 3 is 2.43 bits per heavy atom. The van der Waals surface area contributed by atoms with E-state index in [-0.39, 0.29) is 36.4 Å². The first-order valence-electron chi connectivity index (χ1n) is 8.23. The summed E-state index contributed by atoms with van der Waals surface area (Å²) in [6.45, 7) is 5.26. The summed E-state index contributed by atoms with van der Waals surface area (Å²) in [5.74, 6) is 0.235. The van der Waals surface area contributed by atoms with Crippen molar-refractivity contribution in [3.05, 3.63) is 0 Å². The molecule has 23 heavy (non-hydrogen) atoms. The summed E-state index contributed by atoms with van der Waals surface area (Å²) in [5.41, 5.74) is 0. The van der Waals surface area contributed by atoms with Gasteiger partial charge in [-0.3, -0.25) is 9.59 Å². The van der Waals surface area contributed by atoms with Crippen LogP contribution in [-0.4, -0.2) is 86.3 Å². The van der Waals surface area contributed by atoms with Crippen LogP contribution in [0.5, 0.6) is 0 Å². The van der Waals surface area contributed by atoms with Gasteiger partial charge in [-0.2, -0.15) is 0 Å². The molecule has 3 aliphatic rings. The van der Waals surface area contributed by atoms with Gasteiger partial charge in [-0.1, -0.05) is 0 Å².